The molecule has 126 valence electrons. The summed E-state index contributed by atoms with van der Waals surface area (Å²) in [4.78, 5) is 23.3. The lowest BCUT2D eigenvalue weighted by atomic mass is 10.3. The smallest absolute Gasteiger partial charge is 0.219 e. The number of rotatable bonds is 3. The number of carbonyl (C=O) groups excluding carboxylic acids is 1. The fourth-order valence-electron chi connectivity index (χ4n) is 2.58. The first kappa shape index (κ1) is 16.1. The highest BCUT2D eigenvalue weighted by molar-refractivity contribution is 5.73. The molecule has 6 nitrogen and oxygen atoms in total. The number of nitrogens with zero attached hydrogens (tertiary/aromatic N) is 4. The van der Waals surface area contributed by atoms with Gasteiger partial charge in [0.05, 0.1) is 0 Å². The molecule has 1 aromatic heterocycles. The van der Waals surface area contributed by atoms with Gasteiger partial charge in [-0.25, -0.2) is 18.7 Å². The molecule has 0 saturated carbocycles. The van der Waals surface area contributed by atoms with Crippen LogP contribution in [-0.4, -0.2) is 47.0 Å². The fraction of sp³-hybridized carbons (Fsp3) is 0.312. The Morgan fingerprint density at radius 3 is 2.42 bits per heavy atom. The summed E-state index contributed by atoms with van der Waals surface area (Å²) in [6.07, 6.45) is 1.34. The van der Waals surface area contributed by atoms with Crippen LogP contribution in [0.5, 0.6) is 0 Å². The van der Waals surface area contributed by atoms with E-state index in [4.69, 9.17) is 0 Å². The quantitative estimate of drug-likeness (QED) is 0.933. The minimum atomic E-state index is -0.690. The lowest BCUT2D eigenvalue weighted by molar-refractivity contribution is -0.129. The summed E-state index contributed by atoms with van der Waals surface area (Å²) in [6.45, 7) is 4.06. The molecule has 2 aromatic rings. The maximum atomic E-state index is 13.7. The lowest BCUT2D eigenvalue weighted by Crippen LogP contribution is -2.48. The highest BCUT2D eigenvalue weighted by atomic mass is 19.1. The molecule has 1 fully saturated rings. The van der Waals surface area contributed by atoms with Gasteiger partial charge in [-0.3, -0.25) is 4.79 Å². The second kappa shape index (κ2) is 6.77. The van der Waals surface area contributed by atoms with Crippen LogP contribution in [0.15, 0.2) is 30.6 Å². The van der Waals surface area contributed by atoms with Crippen LogP contribution in [0.2, 0.25) is 0 Å². The first-order chi connectivity index (χ1) is 11.5. The van der Waals surface area contributed by atoms with Crippen molar-refractivity contribution in [1.82, 2.24) is 14.9 Å². The van der Waals surface area contributed by atoms with Crippen LogP contribution < -0.4 is 10.2 Å². The monoisotopic (exact) mass is 333 g/mol. The number of carbonyl (C=O) groups is 1. The van der Waals surface area contributed by atoms with E-state index in [1.165, 1.54) is 24.5 Å². The summed E-state index contributed by atoms with van der Waals surface area (Å²) in [5, 5.41) is 2.65. The van der Waals surface area contributed by atoms with Crippen molar-refractivity contribution in [2.45, 2.75) is 6.92 Å². The van der Waals surface area contributed by atoms with E-state index in [0.29, 0.717) is 37.8 Å². The Hall–Kier alpha value is -2.77. The van der Waals surface area contributed by atoms with Crippen molar-refractivity contribution in [3.8, 4) is 0 Å². The van der Waals surface area contributed by atoms with Gasteiger partial charge in [0.1, 0.15) is 35.3 Å². The van der Waals surface area contributed by atoms with Crippen molar-refractivity contribution < 1.29 is 13.6 Å². The number of para-hydroxylation sites is 1. The zero-order chi connectivity index (χ0) is 17.1. The van der Waals surface area contributed by atoms with Gasteiger partial charge in [0, 0.05) is 39.2 Å². The highest BCUT2D eigenvalue weighted by Gasteiger charge is 2.20. The highest BCUT2D eigenvalue weighted by Crippen LogP contribution is 2.24. The van der Waals surface area contributed by atoms with Crippen molar-refractivity contribution in [3.63, 3.8) is 0 Å². The van der Waals surface area contributed by atoms with Gasteiger partial charge in [0.25, 0.3) is 0 Å². The summed E-state index contributed by atoms with van der Waals surface area (Å²) in [7, 11) is 0. The predicted octanol–water partition coefficient (Wildman–Crippen LogP) is 2.17. The third kappa shape index (κ3) is 3.42. The van der Waals surface area contributed by atoms with Crippen molar-refractivity contribution in [1.29, 1.82) is 0 Å². The van der Waals surface area contributed by atoms with Crippen LogP contribution in [0.25, 0.3) is 0 Å². The number of amides is 1. The molecule has 3 rings (SSSR count). The number of piperazine rings is 1. The zero-order valence-corrected chi connectivity index (χ0v) is 13.2. The number of hydrogen-bond donors (Lipinski definition) is 1. The van der Waals surface area contributed by atoms with Crippen molar-refractivity contribution in [3.05, 3.63) is 42.2 Å². The van der Waals surface area contributed by atoms with E-state index in [1.54, 1.807) is 17.9 Å². The van der Waals surface area contributed by atoms with Gasteiger partial charge in [-0.05, 0) is 12.1 Å². The van der Waals surface area contributed by atoms with Gasteiger partial charge in [0.2, 0.25) is 5.91 Å². The van der Waals surface area contributed by atoms with Crippen LogP contribution in [-0.2, 0) is 4.79 Å². The van der Waals surface area contributed by atoms with E-state index < -0.39 is 11.6 Å². The largest absolute Gasteiger partial charge is 0.353 e. The molecule has 1 aliphatic rings. The molecule has 2 heterocycles. The topological polar surface area (TPSA) is 61.4 Å². The van der Waals surface area contributed by atoms with Crippen LogP contribution in [0.4, 0.5) is 26.1 Å². The summed E-state index contributed by atoms with van der Waals surface area (Å²) < 4.78 is 27.4. The van der Waals surface area contributed by atoms with Gasteiger partial charge >= 0.3 is 0 Å². The molecule has 0 radical (unpaired) electrons. The average Bonchev–Trinajstić information content (AvgIpc) is 2.59. The van der Waals surface area contributed by atoms with E-state index >= 15 is 0 Å². The fourth-order valence-corrected chi connectivity index (χ4v) is 2.58. The Balaban J connectivity index is 1.74. The van der Waals surface area contributed by atoms with Gasteiger partial charge in [0.15, 0.2) is 0 Å². The maximum Gasteiger partial charge on any atom is 0.219 e. The molecular weight excluding hydrogens is 316 g/mol. The van der Waals surface area contributed by atoms with Crippen LogP contribution in [0.3, 0.4) is 0 Å². The second-order valence-electron chi connectivity index (χ2n) is 5.48. The average molecular weight is 333 g/mol. The number of nitrogens with one attached hydrogen (secondary N) is 1. The molecule has 1 aliphatic heterocycles. The van der Waals surface area contributed by atoms with Crippen molar-refractivity contribution in [2.75, 3.05) is 36.4 Å². The zero-order valence-electron chi connectivity index (χ0n) is 13.2. The molecule has 1 N–H and O–H groups in total. The number of benzene rings is 1. The third-order valence-corrected chi connectivity index (χ3v) is 3.92. The number of anilines is 3. The minimum Gasteiger partial charge on any atom is -0.353 e. The summed E-state index contributed by atoms with van der Waals surface area (Å²) >= 11 is 0. The van der Waals surface area contributed by atoms with Gasteiger partial charge in [-0.2, -0.15) is 0 Å². The summed E-state index contributed by atoms with van der Waals surface area (Å²) in [5.74, 6) is -0.379. The van der Waals surface area contributed by atoms with E-state index in [-0.39, 0.29) is 11.6 Å². The van der Waals surface area contributed by atoms with Crippen LogP contribution >= 0.6 is 0 Å². The van der Waals surface area contributed by atoms with Gasteiger partial charge in [-0.1, -0.05) is 6.07 Å². The Bertz CT molecular complexity index is 727. The first-order valence-corrected chi connectivity index (χ1v) is 7.58. The van der Waals surface area contributed by atoms with E-state index in [2.05, 4.69) is 15.3 Å². The molecule has 0 aliphatic carbocycles. The molecular formula is C16H17F2N5O. The minimum absolute atomic E-state index is 0.0507. The van der Waals surface area contributed by atoms with E-state index in [1.807, 2.05) is 4.90 Å². The molecule has 1 saturated heterocycles. The SMILES string of the molecule is CC(=O)N1CCN(c2cc(Nc3c(F)cccc3F)ncn2)CC1. The molecule has 0 bridgehead atoms. The molecule has 1 aromatic carbocycles. The van der Waals surface area contributed by atoms with E-state index in [0.717, 1.165) is 0 Å². The summed E-state index contributed by atoms with van der Waals surface area (Å²) in [6, 6.07) is 5.29. The molecule has 0 unspecified atom stereocenters. The molecule has 8 heteroatoms. The van der Waals surface area contributed by atoms with Crippen LogP contribution in [0, 0.1) is 11.6 Å². The first-order valence-electron chi connectivity index (χ1n) is 7.58. The number of halogens is 2. The number of aromatic nitrogens is 2. The van der Waals surface area contributed by atoms with E-state index in [9.17, 15) is 13.6 Å². The Kier molecular flexibility index (Phi) is 4.54. The Labute approximate surface area is 138 Å². The molecule has 24 heavy (non-hydrogen) atoms. The third-order valence-electron chi connectivity index (χ3n) is 3.92. The second-order valence-corrected chi connectivity index (χ2v) is 5.48. The van der Waals surface area contributed by atoms with Crippen LogP contribution in [0.1, 0.15) is 6.92 Å². The Morgan fingerprint density at radius 1 is 1.12 bits per heavy atom. The van der Waals surface area contributed by atoms with Crippen molar-refractivity contribution in [2.24, 2.45) is 0 Å². The lowest BCUT2D eigenvalue weighted by Gasteiger charge is -2.34. The molecule has 0 atom stereocenters. The van der Waals surface area contributed by atoms with Crippen molar-refractivity contribution >= 4 is 23.2 Å². The van der Waals surface area contributed by atoms with Gasteiger partial charge < -0.3 is 15.1 Å². The normalized spacial score (nSPS) is 14.6. The maximum absolute atomic E-state index is 13.7. The molecule has 0 spiro atoms. The standard InChI is InChI=1S/C16H17F2N5O/c1-11(24)22-5-7-23(8-6-22)15-9-14(19-10-20-15)21-16-12(17)3-2-4-13(16)18/h2-4,9-10H,5-8H2,1H3,(H,19,20,21). The Morgan fingerprint density at radius 2 is 1.79 bits per heavy atom. The van der Waals surface area contributed by atoms with Gasteiger partial charge in [-0.15, -0.1) is 0 Å². The summed E-state index contributed by atoms with van der Waals surface area (Å²) in [5.41, 5.74) is -0.247. The number of hydrogen-bond acceptors (Lipinski definition) is 5. The molecule has 1 amide bonds. The predicted molar refractivity (Wildman–Crippen MR) is 86.1 cm³/mol.